The van der Waals surface area contributed by atoms with E-state index in [1.807, 2.05) is 0 Å². The average Bonchev–Trinajstić information content (AvgIpc) is 2.36. The van der Waals surface area contributed by atoms with Crippen LogP contribution in [-0.2, 0) is 9.53 Å². The lowest BCUT2D eigenvalue weighted by atomic mass is 9.92. The zero-order chi connectivity index (χ0) is 12.2. The van der Waals surface area contributed by atoms with Crippen LogP contribution >= 0.6 is 0 Å². The Hall–Kier alpha value is -1.43. The van der Waals surface area contributed by atoms with Gasteiger partial charge in [-0.3, -0.25) is 0 Å². The van der Waals surface area contributed by atoms with Crippen LogP contribution in [0.15, 0.2) is 30.3 Å². The van der Waals surface area contributed by atoms with Crippen molar-refractivity contribution < 1.29 is 24.9 Å². The van der Waals surface area contributed by atoms with E-state index in [9.17, 15) is 15.0 Å². The first-order valence-corrected chi connectivity index (χ1v) is 4.71. The molecule has 0 aliphatic rings. The number of benzene rings is 1. The highest BCUT2D eigenvalue weighted by Crippen LogP contribution is 2.26. The monoisotopic (exact) mass is 226 g/mol. The zero-order valence-corrected chi connectivity index (χ0v) is 8.83. The highest BCUT2D eigenvalue weighted by atomic mass is 16.5. The first-order chi connectivity index (χ1) is 7.56. The second kappa shape index (κ2) is 5.07. The highest BCUT2D eigenvalue weighted by molar-refractivity contribution is 5.80. The van der Waals surface area contributed by atoms with Gasteiger partial charge in [-0.15, -0.1) is 0 Å². The molecule has 0 spiro atoms. The van der Waals surface area contributed by atoms with E-state index in [2.05, 4.69) is 4.74 Å². The van der Waals surface area contributed by atoms with E-state index in [0.717, 1.165) is 7.11 Å². The number of esters is 1. The summed E-state index contributed by atoms with van der Waals surface area (Å²) in [6.07, 6.45) is -1.54. The first-order valence-electron chi connectivity index (χ1n) is 4.71. The molecule has 16 heavy (non-hydrogen) atoms. The van der Waals surface area contributed by atoms with Gasteiger partial charge in [-0.1, -0.05) is 30.3 Å². The van der Waals surface area contributed by atoms with Crippen LogP contribution in [0.25, 0.3) is 0 Å². The first kappa shape index (κ1) is 12.6. The summed E-state index contributed by atoms with van der Waals surface area (Å²) < 4.78 is 4.34. The van der Waals surface area contributed by atoms with Gasteiger partial charge in [0.25, 0.3) is 0 Å². The number of hydrogen-bond acceptors (Lipinski definition) is 5. The molecular formula is C11H14O5. The molecule has 0 aliphatic carbocycles. The summed E-state index contributed by atoms with van der Waals surface area (Å²) in [5.41, 5.74) is -2.01. The molecule has 2 atom stereocenters. The van der Waals surface area contributed by atoms with Gasteiger partial charge in [0.1, 0.15) is 6.10 Å². The molecule has 1 aromatic carbocycles. The average molecular weight is 226 g/mol. The van der Waals surface area contributed by atoms with Gasteiger partial charge in [-0.25, -0.2) is 4.79 Å². The number of carbonyl (C=O) groups is 1. The second-order valence-corrected chi connectivity index (χ2v) is 3.39. The molecule has 0 aliphatic heterocycles. The Morgan fingerprint density at radius 3 is 2.44 bits per heavy atom. The van der Waals surface area contributed by atoms with Crippen LogP contribution in [0.1, 0.15) is 11.7 Å². The van der Waals surface area contributed by atoms with E-state index < -0.39 is 24.3 Å². The molecule has 5 nitrogen and oxygen atoms in total. The summed E-state index contributed by atoms with van der Waals surface area (Å²) in [6, 6.07) is 8.09. The van der Waals surface area contributed by atoms with Gasteiger partial charge in [-0.2, -0.15) is 0 Å². The van der Waals surface area contributed by atoms with Gasteiger partial charge < -0.3 is 20.1 Å². The maximum atomic E-state index is 11.3. The maximum Gasteiger partial charge on any atom is 0.343 e. The van der Waals surface area contributed by atoms with Crippen molar-refractivity contribution in [3.8, 4) is 0 Å². The molecular weight excluding hydrogens is 212 g/mol. The van der Waals surface area contributed by atoms with E-state index >= 15 is 0 Å². The molecule has 0 fully saturated rings. The lowest BCUT2D eigenvalue weighted by molar-refractivity contribution is -0.182. The second-order valence-electron chi connectivity index (χ2n) is 3.39. The van der Waals surface area contributed by atoms with Crippen LogP contribution in [0.2, 0.25) is 0 Å². The molecule has 0 heterocycles. The van der Waals surface area contributed by atoms with Gasteiger partial charge in [0.15, 0.2) is 0 Å². The smallest absolute Gasteiger partial charge is 0.343 e. The van der Waals surface area contributed by atoms with E-state index in [1.54, 1.807) is 18.2 Å². The largest absolute Gasteiger partial charge is 0.467 e. The van der Waals surface area contributed by atoms with Gasteiger partial charge in [0.2, 0.25) is 5.60 Å². The minimum atomic E-state index is -2.34. The summed E-state index contributed by atoms with van der Waals surface area (Å²) in [5.74, 6) is -1.08. The van der Waals surface area contributed by atoms with Gasteiger partial charge >= 0.3 is 5.97 Å². The van der Waals surface area contributed by atoms with Crippen molar-refractivity contribution >= 4 is 5.97 Å². The number of rotatable bonds is 4. The van der Waals surface area contributed by atoms with Crippen LogP contribution in [-0.4, -0.2) is 40.6 Å². The number of ether oxygens (including phenoxy) is 1. The van der Waals surface area contributed by atoms with Crippen LogP contribution in [0.4, 0.5) is 0 Å². The molecule has 0 amide bonds. The third kappa shape index (κ3) is 2.21. The van der Waals surface area contributed by atoms with E-state index in [-0.39, 0.29) is 0 Å². The fourth-order valence-corrected chi connectivity index (χ4v) is 1.35. The standard InChI is InChI=1S/C11H14O5/c1-16-10(14)11(15,7-12)9(13)8-5-3-2-4-6-8/h2-6,9,12-13,15H,7H2,1H3/t9-,11-/m1/s1. The molecule has 5 heteroatoms. The van der Waals surface area contributed by atoms with Crippen LogP contribution in [0, 0.1) is 0 Å². The number of aliphatic hydroxyl groups excluding tert-OH is 2. The molecule has 0 saturated heterocycles. The number of hydrogen-bond donors (Lipinski definition) is 3. The fraction of sp³-hybridized carbons (Fsp3) is 0.364. The number of methoxy groups -OCH3 is 1. The minimum Gasteiger partial charge on any atom is -0.467 e. The predicted molar refractivity (Wildman–Crippen MR) is 55.5 cm³/mol. The van der Waals surface area contributed by atoms with E-state index in [0.29, 0.717) is 5.56 Å². The van der Waals surface area contributed by atoms with Crippen molar-refractivity contribution in [1.29, 1.82) is 0 Å². The summed E-state index contributed by atoms with van der Waals surface area (Å²) >= 11 is 0. The lowest BCUT2D eigenvalue weighted by Crippen LogP contribution is -2.48. The van der Waals surface area contributed by atoms with Gasteiger partial charge in [0.05, 0.1) is 13.7 Å². The molecule has 0 saturated carbocycles. The number of aliphatic hydroxyl groups is 3. The summed E-state index contributed by atoms with van der Waals surface area (Å²) in [6.45, 7) is -0.921. The Bertz CT molecular complexity index is 351. The molecule has 0 bridgehead atoms. The van der Waals surface area contributed by atoms with Crippen molar-refractivity contribution in [2.75, 3.05) is 13.7 Å². The minimum absolute atomic E-state index is 0.324. The van der Waals surface area contributed by atoms with Crippen molar-refractivity contribution in [3.63, 3.8) is 0 Å². The topological polar surface area (TPSA) is 87.0 Å². The Labute approximate surface area is 92.9 Å². The molecule has 1 aromatic rings. The summed E-state index contributed by atoms with van der Waals surface area (Å²) in [4.78, 5) is 11.3. The normalized spacial score (nSPS) is 16.2. The summed E-state index contributed by atoms with van der Waals surface area (Å²) in [5, 5.41) is 28.7. The van der Waals surface area contributed by atoms with Gasteiger partial charge in [-0.05, 0) is 5.56 Å². The maximum absolute atomic E-state index is 11.3. The molecule has 0 radical (unpaired) electrons. The number of carbonyl (C=O) groups excluding carboxylic acids is 1. The predicted octanol–water partition coefficient (Wildman–Crippen LogP) is -0.384. The molecule has 3 N–H and O–H groups in total. The third-order valence-electron chi connectivity index (χ3n) is 2.35. The fourth-order valence-electron chi connectivity index (χ4n) is 1.35. The quantitative estimate of drug-likeness (QED) is 0.609. The van der Waals surface area contributed by atoms with Gasteiger partial charge in [0, 0.05) is 0 Å². The molecule has 1 rings (SSSR count). The van der Waals surface area contributed by atoms with Crippen molar-refractivity contribution in [3.05, 3.63) is 35.9 Å². The Kier molecular flexibility index (Phi) is 4.00. The Morgan fingerprint density at radius 1 is 1.44 bits per heavy atom. The van der Waals surface area contributed by atoms with E-state index in [4.69, 9.17) is 5.11 Å². The van der Waals surface area contributed by atoms with E-state index in [1.165, 1.54) is 12.1 Å². The van der Waals surface area contributed by atoms with Crippen LogP contribution in [0.3, 0.4) is 0 Å². The van der Waals surface area contributed by atoms with Crippen LogP contribution in [0.5, 0.6) is 0 Å². The molecule has 0 aromatic heterocycles. The molecule has 88 valence electrons. The Morgan fingerprint density at radius 2 is 2.00 bits per heavy atom. The van der Waals surface area contributed by atoms with Crippen molar-refractivity contribution in [1.82, 2.24) is 0 Å². The summed E-state index contributed by atoms with van der Waals surface area (Å²) in [7, 11) is 1.07. The van der Waals surface area contributed by atoms with Crippen LogP contribution < -0.4 is 0 Å². The lowest BCUT2D eigenvalue weighted by Gasteiger charge is -2.28. The third-order valence-corrected chi connectivity index (χ3v) is 2.35. The van der Waals surface area contributed by atoms with Crippen molar-refractivity contribution in [2.45, 2.75) is 11.7 Å². The Balaban J connectivity index is 3.02. The highest BCUT2D eigenvalue weighted by Gasteiger charge is 2.44. The zero-order valence-electron chi connectivity index (χ0n) is 8.83. The molecule has 0 unspecified atom stereocenters. The SMILES string of the molecule is COC(=O)[C@@](O)(CO)[C@H](O)c1ccccc1. The van der Waals surface area contributed by atoms with Crippen molar-refractivity contribution in [2.24, 2.45) is 0 Å².